The average molecular weight is 493 g/mol. The van der Waals surface area contributed by atoms with Crippen LogP contribution in [0.1, 0.15) is 47.2 Å². The van der Waals surface area contributed by atoms with Crippen LogP contribution in [0.4, 0.5) is 0 Å². The van der Waals surface area contributed by atoms with E-state index in [1.165, 1.54) is 16.7 Å². The lowest BCUT2D eigenvalue weighted by Gasteiger charge is -2.34. The molecule has 0 aromatic heterocycles. The first-order valence-electron chi connectivity index (χ1n) is 11.8. The van der Waals surface area contributed by atoms with E-state index in [9.17, 15) is 0 Å². The zero-order chi connectivity index (χ0) is 23.8. The molecule has 1 aliphatic heterocycles. The van der Waals surface area contributed by atoms with Gasteiger partial charge >= 0.3 is 0 Å². The maximum atomic E-state index is 6.49. The van der Waals surface area contributed by atoms with Crippen LogP contribution >= 0.6 is 23.2 Å². The Kier molecular flexibility index (Phi) is 9.04. The van der Waals surface area contributed by atoms with E-state index in [0.29, 0.717) is 11.1 Å². The largest absolute Gasteiger partial charge is 0.379 e. The first-order valence-corrected chi connectivity index (χ1v) is 12.6. The molecule has 4 rings (SSSR count). The standard InChI is InChI=1S/C29H30Cl2N2O/c1-2-29(33-15-17-34-18-16-33)26-11-14-28(31)25(19-26)10-7-22-3-5-23(6-4-22)20-32-21-24-8-12-27(30)13-9-24/h3-6,8-9,11-14,19,29,32H,2,15-18,20-21H2,1H3. The van der Waals surface area contributed by atoms with Crippen molar-refractivity contribution in [3.8, 4) is 11.8 Å². The fourth-order valence-corrected chi connectivity index (χ4v) is 4.53. The summed E-state index contributed by atoms with van der Waals surface area (Å²) in [5, 5.41) is 4.91. The third kappa shape index (κ3) is 6.85. The second-order valence-electron chi connectivity index (χ2n) is 8.49. The first kappa shape index (κ1) is 24.8. The number of nitrogens with zero attached hydrogens (tertiary/aromatic N) is 1. The number of ether oxygens (including phenoxy) is 1. The van der Waals surface area contributed by atoms with E-state index in [2.05, 4.69) is 65.4 Å². The van der Waals surface area contributed by atoms with Crippen molar-refractivity contribution in [2.45, 2.75) is 32.5 Å². The van der Waals surface area contributed by atoms with Gasteiger partial charge in [-0.1, -0.05) is 72.3 Å². The topological polar surface area (TPSA) is 24.5 Å². The molecule has 0 radical (unpaired) electrons. The van der Waals surface area contributed by atoms with E-state index in [0.717, 1.165) is 62.0 Å². The molecule has 1 heterocycles. The molecular formula is C29H30Cl2N2O. The van der Waals surface area contributed by atoms with Crippen molar-refractivity contribution >= 4 is 23.2 Å². The molecule has 1 fully saturated rings. The van der Waals surface area contributed by atoms with Crippen LogP contribution in [0.2, 0.25) is 10.0 Å². The van der Waals surface area contributed by atoms with Crippen LogP contribution in [0.25, 0.3) is 0 Å². The quantitative estimate of drug-likeness (QED) is 0.382. The van der Waals surface area contributed by atoms with Gasteiger partial charge in [-0.3, -0.25) is 4.90 Å². The summed E-state index contributed by atoms with van der Waals surface area (Å²) in [5.41, 5.74) is 5.55. The number of benzene rings is 3. The van der Waals surface area contributed by atoms with E-state index in [-0.39, 0.29) is 0 Å². The van der Waals surface area contributed by atoms with Crippen LogP contribution < -0.4 is 5.32 Å². The van der Waals surface area contributed by atoms with Crippen LogP contribution in [0, 0.1) is 11.8 Å². The van der Waals surface area contributed by atoms with Crippen LogP contribution in [0.15, 0.2) is 66.7 Å². The van der Waals surface area contributed by atoms with Gasteiger partial charge in [-0.15, -0.1) is 0 Å². The third-order valence-corrected chi connectivity index (χ3v) is 6.70. The van der Waals surface area contributed by atoms with Crippen molar-refractivity contribution < 1.29 is 4.74 Å². The number of nitrogens with one attached hydrogen (secondary N) is 1. The zero-order valence-corrected chi connectivity index (χ0v) is 21.0. The van der Waals surface area contributed by atoms with Crippen molar-refractivity contribution in [3.63, 3.8) is 0 Å². The van der Waals surface area contributed by atoms with Crippen molar-refractivity contribution in [2.24, 2.45) is 0 Å². The summed E-state index contributed by atoms with van der Waals surface area (Å²) >= 11 is 12.4. The van der Waals surface area contributed by atoms with E-state index in [4.69, 9.17) is 27.9 Å². The van der Waals surface area contributed by atoms with Gasteiger partial charge in [-0.05, 0) is 59.5 Å². The zero-order valence-electron chi connectivity index (χ0n) is 19.5. The molecule has 5 heteroatoms. The van der Waals surface area contributed by atoms with Gasteiger partial charge in [0.05, 0.1) is 18.2 Å². The second kappa shape index (κ2) is 12.4. The molecule has 3 aromatic rings. The van der Waals surface area contributed by atoms with Gasteiger partial charge in [0.1, 0.15) is 0 Å². The lowest BCUT2D eigenvalue weighted by atomic mass is 10.00. The van der Waals surface area contributed by atoms with Crippen molar-refractivity contribution in [3.05, 3.63) is 105 Å². The first-order chi connectivity index (χ1) is 16.6. The Morgan fingerprint density at radius 1 is 0.882 bits per heavy atom. The monoisotopic (exact) mass is 492 g/mol. The maximum Gasteiger partial charge on any atom is 0.0594 e. The van der Waals surface area contributed by atoms with Gasteiger partial charge in [0, 0.05) is 48.4 Å². The Morgan fingerprint density at radius 2 is 1.53 bits per heavy atom. The van der Waals surface area contributed by atoms with Crippen molar-refractivity contribution in [1.82, 2.24) is 10.2 Å². The van der Waals surface area contributed by atoms with E-state index < -0.39 is 0 Å². The Hall–Kier alpha value is -2.32. The van der Waals surface area contributed by atoms with Crippen molar-refractivity contribution in [1.29, 1.82) is 0 Å². The predicted octanol–water partition coefficient (Wildman–Crippen LogP) is 6.47. The third-order valence-electron chi connectivity index (χ3n) is 6.12. The smallest absolute Gasteiger partial charge is 0.0594 e. The fourth-order valence-electron chi connectivity index (χ4n) is 4.24. The van der Waals surface area contributed by atoms with Gasteiger partial charge in [0.15, 0.2) is 0 Å². The molecule has 34 heavy (non-hydrogen) atoms. The summed E-state index contributed by atoms with van der Waals surface area (Å²) in [6.45, 7) is 7.34. The Morgan fingerprint density at radius 3 is 2.18 bits per heavy atom. The molecule has 3 nitrogen and oxygen atoms in total. The highest BCUT2D eigenvalue weighted by atomic mass is 35.5. The molecular weight excluding hydrogens is 463 g/mol. The van der Waals surface area contributed by atoms with Gasteiger partial charge in [-0.2, -0.15) is 0 Å². The van der Waals surface area contributed by atoms with Crippen LogP contribution in [0.5, 0.6) is 0 Å². The minimum atomic E-state index is 0.362. The number of hydrogen-bond donors (Lipinski definition) is 1. The maximum absolute atomic E-state index is 6.49. The lowest BCUT2D eigenvalue weighted by molar-refractivity contribution is 0.0152. The SMILES string of the molecule is CCC(c1ccc(Cl)c(C#Cc2ccc(CNCc3ccc(Cl)cc3)cc2)c1)N1CCOCC1. The summed E-state index contributed by atoms with van der Waals surface area (Å²) in [5.74, 6) is 6.57. The van der Waals surface area contributed by atoms with Crippen LogP contribution in [-0.4, -0.2) is 31.2 Å². The average Bonchev–Trinajstić information content (AvgIpc) is 2.87. The summed E-state index contributed by atoms with van der Waals surface area (Å²) in [6, 6.07) is 22.9. The van der Waals surface area contributed by atoms with Gasteiger partial charge in [0.25, 0.3) is 0 Å². The Balaban J connectivity index is 1.39. The number of morpholine rings is 1. The highest BCUT2D eigenvalue weighted by Crippen LogP contribution is 2.28. The molecule has 1 N–H and O–H groups in total. The summed E-state index contributed by atoms with van der Waals surface area (Å²) in [7, 11) is 0. The fraction of sp³-hybridized carbons (Fsp3) is 0.310. The van der Waals surface area contributed by atoms with Gasteiger partial charge in [0.2, 0.25) is 0 Å². The number of rotatable bonds is 7. The Labute approximate surface area is 213 Å². The molecule has 1 saturated heterocycles. The number of hydrogen-bond acceptors (Lipinski definition) is 3. The summed E-state index contributed by atoms with van der Waals surface area (Å²) in [6.07, 6.45) is 1.04. The summed E-state index contributed by atoms with van der Waals surface area (Å²) < 4.78 is 5.52. The normalized spacial score (nSPS) is 14.9. The highest BCUT2D eigenvalue weighted by Gasteiger charge is 2.21. The predicted molar refractivity (Wildman–Crippen MR) is 141 cm³/mol. The molecule has 176 valence electrons. The number of halogens is 2. The van der Waals surface area contributed by atoms with E-state index >= 15 is 0 Å². The highest BCUT2D eigenvalue weighted by molar-refractivity contribution is 6.31. The molecule has 0 amide bonds. The van der Waals surface area contributed by atoms with Crippen LogP contribution in [-0.2, 0) is 17.8 Å². The minimum Gasteiger partial charge on any atom is -0.379 e. The second-order valence-corrected chi connectivity index (χ2v) is 9.33. The lowest BCUT2D eigenvalue weighted by Crippen LogP contribution is -2.38. The van der Waals surface area contributed by atoms with Gasteiger partial charge < -0.3 is 10.1 Å². The molecule has 1 unspecified atom stereocenters. The van der Waals surface area contributed by atoms with E-state index in [1.807, 2.05) is 30.3 Å². The molecule has 1 aliphatic rings. The molecule has 0 saturated carbocycles. The van der Waals surface area contributed by atoms with E-state index in [1.54, 1.807) is 0 Å². The molecule has 0 bridgehead atoms. The molecule has 0 aliphatic carbocycles. The van der Waals surface area contributed by atoms with Crippen molar-refractivity contribution in [2.75, 3.05) is 26.3 Å². The molecule has 1 atom stereocenters. The summed E-state index contributed by atoms with van der Waals surface area (Å²) in [4.78, 5) is 2.49. The minimum absolute atomic E-state index is 0.362. The van der Waals surface area contributed by atoms with Crippen LogP contribution in [0.3, 0.4) is 0 Å². The van der Waals surface area contributed by atoms with Gasteiger partial charge in [-0.25, -0.2) is 0 Å². The Bertz CT molecular complexity index is 1130. The molecule has 3 aromatic carbocycles. The molecule has 0 spiro atoms.